The van der Waals surface area contributed by atoms with Crippen molar-refractivity contribution in [1.82, 2.24) is 10.3 Å². The Kier molecular flexibility index (Phi) is 5.29. The monoisotopic (exact) mass is 336 g/mol. The van der Waals surface area contributed by atoms with Crippen LogP contribution in [-0.2, 0) is 12.8 Å². The highest BCUT2D eigenvalue weighted by Crippen LogP contribution is 2.30. The van der Waals surface area contributed by atoms with Crippen molar-refractivity contribution < 1.29 is 5.11 Å². The van der Waals surface area contributed by atoms with Crippen molar-refractivity contribution in [2.45, 2.75) is 64.1 Å². The first-order valence-electron chi connectivity index (χ1n) is 8.09. The second-order valence-electron chi connectivity index (χ2n) is 6.19. The molecule has 3 atom stereocenters. The molecule has 1 aliphatic rings. The maximum absolute atomic E-state index is 10.3. The third-order valence-corrected chi connectivity index (χ3v) is 6.53. The smallest absolute Gasteiger partial charge is 0.110 e. The van der Waals surface area contributed by atoms with Gasteiger partial charge in [-0.2, -0.15) is 0 Å². The van der Waals surface area contributed by atoms with E-state index >= 15 is 0 Å². The highest BCUT2D eigenvalue weighted by Gasteiger charge is 2.20. The molecule has 2 heterocycles. The number of aliphatic hydroxyl groups excluding tert-OH is 1. The molecule has 3 rings (SSSR count). The van der Waals surface area contributed by atoms with Crippen LogP contribution in [0.3, 0.4) is 0 Å². The minimum Gasteiger partial charge on any atom is -0.388 e. The largest absolute Gasteiger partial charge is 0.388 e. The minimum absolute atomic E-state index is 0.251. The summed E-state index contributed by atoms with van der Waals surface area (Å²) in [7, 11) is 0. The molecule has 2 N–H and O–H groups in total. The normalized spacial score (nSPS) is 18.7. The first-order chi connectivity index (χ1) is 10.6. The van der Waals surface area contributed by atoms with Crippen LogP contribution in [0.5, 0.6) is 0 Å². The van der Waals surface area contributed by atoms with E-state index in [1.54, 1.807) is 11.3 Å². The van der Waals surface area contributed by atoms with Crippen LogP contribution in [0.25, 0.3) is 0 Å². The molecule has 3 nitrogen and oxygen atoms in total. The molecule has 3 unspecified atom stereocenters. The van der Waals surface area contributed by atoms with E-state index in [4.69, 9.17) is 4.98 Å². The first-order valence-corrected chi connectivity index (χ1v) is 9.79. The average molecular weight is 337 g/mol. The summed E-state index contributed by atoms with van der Waals surface area (Å²) in [6.45, 7) is 4.32. The van der Waals surface area contributed by atoms with Crippen molar-refractivity contribution in [2.24, 2.45) is 0 Å². The van der Waals surface area contributed by atoms with Gasteiger partial charge in [0.25, 0.3) is 0 Å². The van der Waals surface area contributed by atoms with Crippen LogP contribution in [0.1, 0.15) is 65.7 Å². The molecule has 0 saturated heterocycles. The van der Waals surface area contributed by atoms with Crippen molar-refractivity contribution in [3.63, 3.8) is 0 Å². The summed E-state index contributed by atoms with van der Waals surface area (Å²) >= 11 is 3.49. The molecule has 0 fully saturated rings. The first kappa shape index (κ1) is 16.1. The van der Waals surface area contributed by atoms with Gasteiger partial charge in [-0.15, -0.1) is 22.7 Å². The molecule has 0 amide bonds. The van der Waals surface area contributed by atoms with E-state index in [0.29, 0.717) is 0 Å². The van der Waals surface area contributed by atoms with Crippen molar-refractivity contribution in [3.8, 4) is 0 Å². The predicted octanol–water partition coefficient (Wildman–Crippen LogP) is 4.25. The van der Waals surface area contributed by atoms with Gasteiger partial charge >= 0.3 is 0 Å². The molecular weight excluding hydrogens is 312 g/mol. The lowest BCUT2D eigenvalue weighted by Crippen LogP contribution is -2.30. The van der Waals surface area contributed by atoms with Gasteiger partial charge in [-0.05, 0) is 57.4 Å². The summed E-state index contributed by atoms with van der Waals surface area (Å²) < 4.78 is 0. The van der Waals surface area contributed by atoms with Crippen LogP contribution in [0.4, 0.5) is 0 Å². The van der Waals surface area contributed by atoms with Gasteiger partial charge in [0.2, 0.25) is 0 Å². The Bertz CT molecular complexity index is 570. The Hall–Kier alpha value is -0.750. The number of nitrogens with zero attached hydrogens (tertiary/aromatic N) is 1. The summed E-state index contributed by atoms with van der Waals surface area (Å²) in [6.07, 6.45) is 5.29. The highest BCUT2D eigenvalue weighted by molar-refractivity contribution is 7.11. The van der Waals surface area contributed by atoms with E-state index in [-0.39, 0.29) is 18.2 Å². The molecule has 5 heteroatoms. The topological polar surface area (TPSA) is 45.1 Å². The van der Waals surface area contributed by atoms with Gasteiger partial charge in [0, 0.05) is 15.8 Å². The number of hydrogen-bond donors (Lipinski definition) is 2. The van der Waals surface area contributed by atoms with Crippen LogP contribution < -0.4 is 5.32 Å². The Morgan fingerprint density at radius 3 is 2.86 bits per heavy atom. The van der Waals surface area contributed by atoms with E-state index in [2.05, 4.69) is 19.2 Å². The third kappa shape index (κ3) is 3.77. The molecular formula is C17H24N2OS2. The number of hydrogen-bond acceptors (Lipinski definition) is 5. The zero-order valence-corrected chi connectivity index (χ0v) is 14.8. The zero-order chi connectivity index (χ0) is 15.5. The van der Waals surface area contributed by atoms with Crippen LogP contribution in [-0.4, -0.2) is 16.1 Å². The molecule has 1 aliphatic carbocycles. The van der Waals surface area contributed by atoms with Gasteiger partial charge in [-0.25, -0.2) is 4.98 Å². The van der Waals surface area contributed by atoms with E-state index in [1.807, 2.05) is 28.8 Å². The highest BCUT2D eigenvalue weighted by atomic mass is 32.1. The number of aryl methyl sites for hydroxylation is 2. The van der Waals surface area contributed by atoms with Crippen LogP contribution >= 0.6 is 22.7 Å². The summed E-state index contributed by atoms with van der Waals surface area (Å²) in [5.41, 5.74) is 1.33. The Morgan fingerprint density at radius 1 is 1.32 bits per heavy atom. The quantitative estimate of drug-likeness (QED) is 0.829. The number of rotatable bonds is 6. The van der Waals surface area contributed by atoms with Gasteiger partial charge in [-0.1, -0.05) is 6.07 Å². The fourth-order valence-electron chi connectivity index (χ4n) is 3.06. The van der Waals surface area contributed by atoms with E-state index < -0.39 is 0 Å². The molecule has 2 aromatic heterocycles. The van der Waals surface area contributed by atoms with Gasteiger partial charge in [0.05, 0.1) is 17.8 Å². The molecule has 2 aromatic rings. The summed E-state index contributed by atoms with van der Waals surface area (Å²) in [6, 6.07) is 4.50. The van der Waals surface area contributed by atoms with Gasteiger partial charge < -0.3 is 10.4 Å². The van der Waals surface area contributed by atoms with Crippen molar-refractivity contribution >= 4 is 22.7 Å². The number of fused-ring (bicyclic) bond motifs is 1. The van der Waals surface area contributed by atoms with E-state index in [0.717, 1.165) is 17.7 Å². The number of aliphatic hydroxyl groups is 1. The second-order valence-corrected chi connectivity index (χ2v) is 8.28. The average Bonchev–Trinajstić information content (AvgIpc) is 3.16. The maximum Gasteiger partial charge on any atom is 0.110 e. The van der Waals surface area contributed by atoms with Gasteiger partial charge in [0.15, 0.2) is 0 Å². The summed E-state index contributed by atoms with van der Waals surface area (Å²) in [5, 5.41) is 17.1. The Morgan fingerprint density at radius 2 is 2.14 bits per heavy atom. The summed E-state index contributed by atoms with van der Waals surface area (Å²) in [5.74, 6) is 0. The molecule has 0 aromatic carbocycles. The molecule has 0 spiro atoms. The molecule has 0 radical (unpaired) electrons. The fraction of sp³-hybridized carbons (Fsp3) is 0.588. The zero-order valence-electron chi connectivity index (χ0n) is 13.2. The lowest BCUT2D eigenvalue weighted by atomic mass is 10.0. The number of aromatic nitrogens is 1. The Labute approximate surface area is 140 Å². The molecule has 120 valence electrons. The van der Waals surface area contributed by atoms with E-state index in [1.165, 1.54) is 34.8 Å². The van der Waals surface area contributed by atoms with Gasteiger partial charge in [-0.3, -0.25) is 0 Å². The SMILES string of the molecule is CC(CC(O)c1cccs1)NC(C)c1nc2c(s1)CCCC2. The van der Waals surface area contributed by atoms with E-state index in [9.17, 15) is 5.11 Å². The maximum atomic E-state index is 10.3. The minimum atomic E-state index is -0.376. The molecule has 22 heavy (non-hydrogen) atoms. The van der Waals surface area contributed by atoms with Crippen molar-refractivity contribution in [3.05, 3.63) is 38.0 Å². The van der Waals surface area contributed by atoms with Gasteiger partial charge in [0.1, 0.15) is 5.01 Å². The molecule has 0 saturated carbocycles. The molecule has 0 aliphatic heterocycles. The fourth-order valence-corrected chi connectivity index (χ4v) is 4.94. The van der Waals surface area contributed by atoms with Crippen LogP contribution in [0.2, 0.25) is 0 Å². The second kappa shape index (κ2) is 7.21. The van der Waals surface area contributed by atoms with Crippen LogP contribution in [0, 0.1) is 0 Å². The summed E-state index contributed by atoms with van der Waals surface area (Å²) in [4.78, 5) is 7.36. The Balaban J connectivity index is 1.56. The number of nitrogens with one attached hydrogen (secondary N) is 1. The molecule has 0 bridgehead atoms. The standard InChI is InChI=1S/C17H24N2OS2/c1-11(10-14(20)16-8-5-9-21-16)18-12(2)17-19-13-6-3-4-7-15(13)22-17/h5,8-9,11-12,14,18,20H,3-4,6-7,10H2,1-2H3. The predicted molar refractivity (Wildman–Crippen MR) is 93.7 cm³/mol. The third-order valence-electron chi connectivity index (χ3n) is 4.22. The lowest BCUT2D eigenvalue weighted by molar-refractivity contribution is 0.155. The van der Waals surface area contributed by atoms with Crippen molar-refractivity contribution in [2.75, 3.05) is 0 Å². The number of thiophene rings is 1. The van der Waals surface area contributed by atoms with Crippen LogP contribution in [0.15, 0.2) is 17.5 Å². The number of thiazole rings is 1. The lowest BCUT2D eigenvalue weighted by Gasteiger charge is -2.20. The van der Waals surface area contributed by atoms with Crippen molar-refractivity contribution in [1.29, 1.82) is 0 Å².